The number of hydrogen-bond acceptors (Lipinski definition) is 4. The van der Waals surface area contributed by atoms with Crippen LogP contribution in [0.1, 0.15) is 25.7 Å². The maximum absolute atomic E-state index is 11.3. The van der Waals surface area contributed by atoms with Crippen molar-refractivity contribution in [3.63, 3.8) is 0 Å². The summed E-state index contributed by atoms with van der Waals surface area (Å²) >= 11 is 0. The van der Waals surface area contributed by atoms with Crippen LogP contribution in [0.15, 0.2) is 5.28 Å². The van der Waals surface area contributed by atoms with Crippen molar-refractivity contribution in [1.29, 1.82) is 0 Å². The van der Waals surface area contributed by atoms with Crippen LogP contribution >= 0.6 is 0 Å². The van der Waals surface area contributed by atoms with Crippen LogP contribution in [-0.2, 0) is 14.4 Å². The third-order valence-electron chi connectivity index (χ3n) is 2.46. The van der Waals surface area contributed by atoms with E-state index in [4.69, 9.17) is 10.3 Å². The molecule has 1 fully saturated rings. The Morgan fingerprint density at radius 3 is 3.00 bits per heavy atom. The summed E-state index contributed by atoms with van der Waals surface area (Å²) in [5.74, 6) is -0.649. The van der Waals surface area contributed by atoms with E-state index < -0.39 is 5.97 Å². The molecule has 0 radical (unpaired) electrons. The van der Waals surface area contributed by atoms with E-state index in [1.807, 2.05) is 0 Å². The average molecular weight is 199 g/mol. The Bertz CT molecular complexity index is 250. The highest BCUT2D eigenvalue weighted by atomic mass is 16.7. The Kier molecular flexibility index (Phi) is 4.22. The zero-order chi connectivity index (χ0) is 10.4. The maximum atomic E-state index is 11.3. The summed E-state index contributed by atoms with van der Waals surface area (Å²) in [5.41, 5.74) is 7.97. The largest absolute Gasteiger partial charge is 0.381 e. The van der Waals surface area contributed by atoms with Gasteiger partial charge in [0.05, 0.1) is 12.0 Å². The molecule has 2 atom stereocenters. The first-order valence-electron chi connectivity index (χ1n) is 4.56. The highest BCUT2D eigenvalue weighted by Gasteiger charge is 2.28. The smallest absolute Gasteiger partial charge is 0.320 e. The summed E-state index contributed by atoms with van der Waals surface area (Å²) < 4.78 is 5.16. The first kappa shape index (κ1) is 10.8. The second-order valence-electron chi connectivity index (χ2n) is 3.30. The second kappa shape index (κ2) is 5.47. The maximum Gasteiger partial charge on any atom is 0.320 e. The summed E-state index contributed by atoms with van der Waals surface area (Å²) in [7, 11) is 1.63. The predicted molar refractivity (Wildman–Crippen MR) is 48.0 cm³/mol. The topological polar surface area (TPSA) is 84.3 Å². The van der Waals surface area contributed by atoms with Crippen LogP contribution in [0, 0.1) is 5.92 Å². The lowest BCUT2D eigenvalue weighted by Crippen LogP contribution is -2.27. The Labute approximate surface area is 81.8 Å². The monoisotopic (exact) mass is 199 g/mol. The molecule has 0 aromatic rings. The highest BCUT2D eigenvalue weighted by Crippen LogP contribution is 2.26. The lowest BCUT2D eigenvalue weighted by Gasteiger charge is -2.25. The van der Waals surface area contributed by atoms with E-state index in [9.17, 15) is 4.79 Å². The van der Waals surface area contributed by atoms with Crippen molar-refractivity contribution in [2.75, 3.05) is 7.11 Å². The van der Waals surface area contributed by atoms with Crippen molar-refractivity contribution >= 4 is 5.97 Å². The molecule has 1 rings (SSSR count). The Hall–Kier alpha value is -1.26. The van der Waals surface area contributed by atoms with Crippen molar-refractivity contribution in [3.8, 4) is 0 Å². The molecule has 78 valence electrons. The van der Waals surface area contributed by atoms with Gasteiger partial charge in [-0.1, -0.05) is 6.42 Å². The summed E-state index contributed by atoms with van der Waals surface area (Å²) in [6.45, 7) is 0. The summed E-state index contributed by atoms with van der Waals surface area (Å²) in [5, 5.41) is 2.79. The van der Waals surface area contributed by atoms with Gasteiger partial charge >= 0.3 is 5.97 Å². The molecule has 0 bridgehead atoms. The second-order valence-corrected chi connectivity index (χ2v) is 3.30. The molecule has 0 amide bonds. The van der Waals surface area contributed by atoms with Crippen LogP contribution in [0.4, 0.5) is 0 Å². The van der Waals surface area contributed by atoms with Gasteiger partial charge in [-0.15, -0.1) is 0 Å². The van der Waals surface area contributed by atoms with E-state index >= 15 is 0 Å². The molecule has 6 heteroatoms. The lowest BCUT2D eigenvalue weighted by molar-refractivity contribution is -0.151. The minimum Gasteiger partial charge on any atom is -0.381 e. The Morgan fingerprint density at radius 1 is 1.57 bits per heavy atom. The fraction of sp³-hybridized carbons (Fsp3) is 0.875. The minimum absolute atomic E-state index is 0.118. The molecule has 0 aromatic carbocycles. The standard InChI is InChI=1S/C8H13N3O3/c1-13-7-4-2-3-6(5-7)8(12)14-11-10-9/h6-7H,2-5H2,1H3. The molecule has 6 nitrogen and oxygen atoms in total. The molecular formula is C8H13N3O3. The number of carbonyl (C=O) groups is 1. The van der Waals surface area contributed by atoms with Crippen LogP contribution < -0.4 is 0 Å². The van der Waals surface area contributed by atoms with Crippen molar-refractivity contribution in [2.24, 2.45) is 11.2 Å². The molecule has 14 heavy (non-hydrogen) atoms. The normalized spacial score (nSPS) is 26.4. The number of azide groups is 1. The van der Waals surface area contributed by atoms with Crippen molar-refractivity contribution in [3.05, 3.63) is 10.4 Å². The van der Waals surface area contributed by atoms with E-state index in [1.54, 1.807) is 7.11 Å². The number of rotatable bonds is 3. The number of ether oxygens (including phenoxy) is 1. The molecule has 0 saturated heterocycles. The first-order chi connectivity index (χ1) is 6.77. The number of methoxy groups -OCH3 is 1. The van der Waals surface area contributed by atoms with Crippen molar-refractivity contribution in [2.45, 2.75) is 31.8 Å². The Morgan fingerprint density at radius 2 is 2.36 bits per heavy atom. The zero-order valence-electron chi connectivity index (χ0n) is 8.05. The summed E-state index contributed by atoms with van der Waals surface area (Å²) in [4.78, 5) is 18.0. The van der Waals surface area contributed by atoms with E-state index in [2.05, 4.69) is 15.0 Å². The predicted octanol–water partition coefficient (Wildman–Crippen LogP) is 1.96. The third-order valence-corrected chi connectivity index (χ3v) is 2.46. The van der Waals surface area contributed by atoms with Gasteiger partial charge < -0.3 is 9.57 Å². The van der Waals surface area contributed by atoms with Gasteiger partial charge in [0.15, 0.2) is 0 Å². The van der Waals surface area contributed by atoms with E-state index in [1.165, 1.54) is 0 Å². The molecule has 2 unspecified atom stereocenters. The fourth-order valence-electron chi connectivity index (χ4n) is 1.71. The van der Waals surface area contributed by atoms with E-state index in [0.717, 1.165) is 19.3 Å². The van der Waals surface area contributed by atoms with Crippen LogP contribution in [0.5, 0.6) is 0 Å². The van der Waals surface area contributed by atoms with E-state index in [-0.39, 0.29) is 12.0 Å². The first-order valence-corrected chi connectivity index (χ1v) is 4.56. The van der Waals surface area contributed by atoms with Crippen LogP contribution in [0.2, 0.25) is 0 Å². The quantitative estimate of drug-likeness (QED) is 0.301. The van der Waals surface area contributed by atoms with Gasteiger partial charge in [0.2, 0.25) is 0 Å². The van der Waals surface area contributed by atoms with Gasteiger partial charge in [-0.25, -0.2) is 0 Å². The molecule has 1 saturated carbocycles. The number of hydrogen-bond donors (Lipinski definition) is 0. The summed E-state index contributed by atoms with van der Waals surface area (Å²) in [6, 6.07) is 0. The van der Waals surface area contributed by atoms with Gasteiger partial charge in [0.1, 0.15) is 5.28 Å². The van der Waals surface area contributed by atoms with Gasteiger partial charge in [-0.3, -0.25) is 4.79 Å². The highest BCUT2D eigenvalue weighted by molar-refractivity contribution is 5.72. The van der Waals surface area contributed by atoms with Gasteiger partial charge in [-0.2, -0.15) is 0 Å². The SMILES string of the molecule is COC1CCCC(C(=O)ON=[N+]=[N-])C1. The third kappa shape index (κ3) is 2.90. The molecule has 0 heterocycles. The van der Waals surface area contributed by atoms with Crippen LogP contribution in [0.25, 0.3) is 10.4 Å². The fourth-order valence-corrected chi connectivity index (χ4v) is 1.71. The van der Waals surface area contributed by atoms with Gasteiger partial charge in [-0.05, 0) is 24.8 Å². The molecule has 0 aromatic heterocycles. The molecule has 0 aliphatic heterocycles. The molecule has 1 aliphatic rings. The van der Waals surface area contributed by atoms with Crippen molar-refractivity contribution in [1.82, 2.24) is 0 Å². The van der Waals surface area contributed by atoms with Crippen LogP contribution in [0.3, 0.4) is 0 Å². The van der Waals surface area contributed by atoms with E-state index in [0.29, 0.717) is 6.42 Å². The zero-order valence-corrected chi connectivity index (χ0v) is 8.05. The lowest BCUT2D eigenvalue weighted by atomic mass is 9.87. The molecule has 1 aliphatic carbocycles. The number of nitrogens with zero attached hydrogens (tertiary/aromatic N) is 3. The van der Waals surface area contributed by atoms with Crippen molar-refractivity contribution < 1.29 is 14.4 Å². The van der Waals surface area contributed by atoms with Gasteiger partial charge in [0, 0.05) is 12.0 Å². The Balaban J connectivity index is 2.42. The van der Waals surface area contributed by atoms with Crippen LogP contribution in [-0.4, -0.2) is 19.2 Å². The number of carbonyl (C=O) groups excluding carboxylic acids is 1. The molecular weight excluding hydrogens is 186 g/mol. The van der Waals surface area contributed by atoms with Gasteiger partial charge in [0.25, 0.3) is 0 Å². The average Bonchev–Trinajstić information content (AvgIpc) is 2.26. The minimum atomic E-state index is -0.454. The summed E-state index contributed by atoms with van der Waals surface area (Å²) in [6.07, 6.45) is 3.46. The molecule has 0 N–H and O–H groups in total. The molecule has 0 spiro atoms.